The summed E-state index contributed by atoms with van der Waals surface area (Å²) in [5, 5.41) is 7.78. The van der Waals surface area contributed by atoms with Crippen molar-refractivity contribution in [3.05, 3.63) is 59.4 Å². The number of nitrogens with zero attached hydrogens (tertiary/aromatic N) is 3. The topological polar surface area (TPSA) is 112 Å². The third-order valence-electron chi connectivity index (χ3n) is 5.43. The zero-order valence-electron chi connectivity index (χ0n) is 15.8. The molecule has 0 saturated carbocycles. The van der Waals surface area contributed by atoms with Gasteiger partial charge in [0.05, 0.1) is 27.8 Å². The van der Waals surface area contributed by atoms with E-state index in [9.17, 15) is 4.79 Å². The summed E-state index contributed by atoms with van der Waals surface area (Å²) in [6.45, 7) is 0. The Balaban J connectivity index is 1.53. The van der Waals surface area contributed by atoms with Crippen LogP contribution in [0.25, 0.3) is 21.5 Å². The number of pyridine rings is 1. The van der Waals surface area contributed by atoms with Crippen LogP contribution in [0, 0.1) is 0 Å². The van der Waals surface area contributed by atoms with Crippen molar-refractivity contribution in [2.24, 2.45) is 12.8 Å². The fourth-order valence-electron chi connectivity index (χ4n) is 4.00. The summed E-state index contributed by atoms with van der Waals surface area (Å²) >= 11 is 1.36. The Kier molecular flexibility index (Phi) is 4.11. The van der Waals surface area contributed by atoms with E-state index in [1.807, 2.05) is 19.2 Å². The second kappa shape index (κ2) is 6.68. The van der Waals surface area contributed by atoms with Gasteiger partial charge in [-0.1, -0.05) is 12.1 Å². The van der Waals surface area contributed by atoms with Crippen molar-refractivity contribution >= 4 is 38.1 Å². The molecular formula is C21H20N6OS. The van der Waals surface area contributed by atoms with Crippen LogP contribution in [0.2, 0.25) is 0 Å². The molecule has 3 heterocycles. The van der Waals surface area contributed by atoms with E-state index in [4.69, 9.17) is 11.5 Å². The highest BCUT2D eigenvalue weighted by Crippen LogP contribution is 2.36. The number of nitrogens with two attached hydrogens (primary N) is 2. The molecule has 29 heavy (non-hydrogen) atoms. The van der Waals surface area contributed by atoms with Crippen molar-refractivity contribution in [1.29, 1.82) is 0 Å². The summed E-state index contributed by atoms with van der Waals surface area (Å²) in [5.41, 5.74) is 18.3. The number of thiophene rings is 1. The van der Waals surface area contributed by atoms with E-state index in [-0.39, 0.29) is 11.9 Å². The number of carbonyl (C=O) groups is 1. The molecular weight excluding hydrogens is 384 g/mol. The summed E-state index contributed by atoms with van der Waals surface area (Å²) < 4.78 is 2.64. The van der Waals surface area contributed by atoms with Crippen molar-refractivity contribution in [2.45, 2.75) is 18.9 Å². The highest BCUT2D eigenvalue weighted by molar-refractivity contribution is 7.23. The van der Waals surface area contributed by atoms with Gasteiger partial charge in [0.15, 0.2) is 0 Å². The summed E-state index contributed by atoms with van der Waals surface area (Å²) in [6.07, 6.45) is 5.28. The normalized spacial score (nSPS) is 15.6. The first-order valence-corrected chi connectivity index (χ1v) is 10.2. The monoisotopic (exact) mass is 404 g/mol. The minimum absolute atomic E-state index is 0.0549. The average molecular weight is 404 g/mol. The minimum Gasteiger partial charge on any atom is -0.390 e. The second-order valence-corrected chi connectivity index (χ2v) is 8.32. The Hall–Kier alpha value is -3.23. The van der Waals surface area contributed by atoms with Gasteiger partial charge in [0.1, 0.15) is 10.6 Å². The first-order chi connectivity index (χ1) is 14.0. The second-order valence-electron chi connectivity index (χ2n) is 7.23. The first kappa shape index (κ1) is 17.8. The smallest absolute Gasteiger partial charge is 0.260 e. The third-order valence-corrected chi connectivity index (χ3v) is 6.40. The Labute approximate surface area is 171 Å². The molecule has 8 heteroatoms. The van der Waals surface area contributed by atoms with Crippen molar-refractivity contribution in [1.82, 2.24) is 14.8 Å². The van der Waals surface area contributed by atoms with Gasteiger partial charge in [-0.2, -0.15) is 5.10 Å². The standard InChI is InChI=1S/C21H20N6OS/c1-27-19(12-5-4-11-6-7-14(22)13(11)9-12)15(10-25-27)26-21(28)17-18-16(29-20(17)23)3-2-8-24-18/h2-5,8-10,14H,6-7,22-23H2,1H3,(H,26,28)/t14-/m1/s1. The Morgan fingerprint density at radius 3 is 3.07 bits per heavy atom. The van der Waals surface area contributed by atoms with E-state index < -0.39 is 0 Å². The minimum atomic E-state index is -0.292. The van der Waals surface area contributed by atoms with Crippen LogP contribution >= 0.6 is 11.3 Å². The molecule has 0 fully saturated rings. The van der Waals surface area contributed by atoms with Crippen LogP contribution in [-0.2, 0) is 13.5 Å². The number of amides is 1. The number of carbonyl (C=O) groups excluding carboxylic acids is 1. The van der Waals surface area contributed by atoms with Gasteiger partial charge < -0.3 is 16.8 Å². The van der Waals surface area contributed by atoms with Gasteiger partial charge in [-0.25, -0.2) is 0 Å². The summed E-state index contributed by atoms with van der Waals surface area (Å²) in [4.78, 5) is 17.4. The zero-order valence-corrected chi connectivity index (χ0v) is 16.7. The third kappa shape index (κ3) is 2.88. The average Bonchev–Trinajstić information content (AvgIpc) is 3.36. The van der Waals surface area contributed by atoms with E-state index in [0.29, 0.717) is 21.8 Å². The largest absolute Gasteiger partial charge is 0.390 e. The first-order valence-electron chi connectivity index (χ1n) is 9.38. The van der Waals surface area contributed by atoms with E-state index in [2.05, 4.69) is 33.6 Å². The predicted octanol–water partition coefficient (Wildman–Crippen LogP) is 3.48. The number of aryl methyl sites for hydroxylation is 2. The Morgan fingerprint density at radius 2 is 2.21 bits per heavy atom. The molecule has 1 aromatic carbocycles. The number of anilines is 2. The molecule has 0 aliphatic heterocycles. The van der Waals surface area contributed by atoms with Crippen molar-refractivity contribution in [2.75, 3.05) is 11.1 Å². The zero-order chi connectivity index (χ0) is 20.1. The fourth-order valence-corrected chi connectivity index (χ4v) is 4.93. The number of benzene rings is 1. The Morgan fingerprint density at radius 1 is 1.34 bits per heavy atom. The van der Waals surface area contributed by atoms with Crippen LogP contribution in [0.5, 0.6) is 0 Å². The molecule has 5 rings (SSSR count). The van der Waals surface area contributed by atoms with Gasteiger partial charge in [0.2, 0.25) is 0 Å². The maximum Gasteiger partial charge on any atom is 0.260 e. The van der Waals surface area contributed by atoms with Crippen LogP contribution in [-0.4, -0.2) is 20.7 Å². The maximum absolute atomic E-state index is 13.1. The molecule has 0 saturated heterocycles. The number of nitrogen functional groups attached to an aromatic ring is 1. The SMILES string of the molecule is Cn1ncc(NC(=O)c2c(N)sc3cccnc23)c1-c1ccc2c(c1)[C@H](N)CC2. The number of nitrogens with one attached hydrogen (secondary N) is 1. The number of hydrogen-bond acceptors (Lipinski definition) is 6. The Bertz CT molecular complexity index is 1260. The lowest BCUT2D eigenvalue weighted by Gasteiger charge is -2.11. The van der Waals surface area contributed by atoms with Gasteiger partial charge in [-0.3, -0.25) is 14.5 Å². The quantitative estimate of drug-likeness (QED) is 0.484. The predicted molar refractivity (Wildman–Crippen MR) is 116 cm³/mol. The molecule has 3 aromatic heterocycles. The van der Waals surface area contributed by atoms with Crippen LogP contribution in [0.3, 0.4) is 0 Å². The van der Waals surface area contributed by atoms with Gasteiger partial charge in [0, 0.05) is 24.8 Å². The summed E-state index contributed by atoms with van der Waals surface area (Å²) in [7, 11) is 1.86. The molecule has 0 spiro atoms. The lowest BCUT2D eigenvalue weighted by atomic mass is 10.0. The lowest BCUT2D eigenvalue weighted by molar-refractivity contribution is 0.102. The van der Waals surface area contributed by atoms with Crippen LogP contribution in [0.1, 0.15) is 33.9 Å². The van der Waals surface area contributed by atoms with E-state index in [0.717, 1.165) is 28.8 Å². The van der Waals surface area contributed by atoms with Crippen molar-refractivity contribution in [3.8, 4) is 11.3 Å². The lowest BCUT2D eigenvalue weighted by Crippen LogP contribution is -2.14. The number of hydrogen-bond donors (Lipinski definition) is 3. The molecule has 7 nitrogen and oxygen atoms in total. The number of aromatic nitrogens is 3. The van der Waals surface area contributed by atoms with E-state index in [1.54, 1.807) is 17.1 Å². The fraction of sp³-hybridized carbons (Fsp3) is 0.190. The van der Waals surface area contributed by atoms with E-state index >= 15 is 0 Å². The van der Waals surface area contributed by atoms with Crippen molar-refractivity contribution < 1.29 is 4.79 Å². The van der Waals surface area contributed by atoms with Gasteiger partial charge in [0.25, 0.3) is 5.91 Å². The molecule has 0 unspecified atom stereocenters. The maximum atomic E-state index is 13.1. The molecule has 0 radical (unpaired) electrons. The molecule has 4 aromatic rings. The van der Waals surface area contributed by atoms with Crippen LogP contribution < -0.4 is 16.8 Å². The summed E-state index contributed by atoms with van der Waals surface area (Å²) in [5.74, 6) is -0.292. The molecule has 1 aliphatic carbocycles. The number of rotatable bonds is 3. The van der Waals surface area contributed by atoms with Crippen LogP contribution in [0.4, 0.5) is 10.7 Å². The summed E-state index contributed by atoms with van der Waals surface area (Å²) in [6, 6.07) is 10.1. The van der Waals surface area contributed by atoms with E-state index in [1.165, 1.54) is 22.5 Å². The van der Waals surface area contributed by atoms with Crippen molar-refractivity contribution in [3.63, 3.8) is 0 Å². The van der Waals surface area contributed by atoms with Gasteiger partial charge >= 0.3 is 0 Å². The highest BCUT2D eigenvalue weighted by atomic mass is 32.1. The van der Waals surface area contributed by atoms with Gasteiger partial charge in [-0.15, -0.1) is 11.3 Å². The molecule has 1 atom stereocenters. The highest BCUT2D eigenvalue weighted by Gasteiger charge is 2.23. The molecule has 1 amide bonds. The molecule has 146 valence electrons. The number of fused-ring (bicyclic) bond motifs is 2. The van der Waals surface area contributed by atoms with Gasteiger partial charge in [-0.05, 0) is 42.2 Å². The molecule has 1 aliphatic rings. The van der Waals surface area contributed by atoms with Crippen LogP contribution in [0.15, 0.2) is 42.7 Å². The molecule has 0 bridgehead atoms. The molecule has 5 N–H and O–H groups in total.